The molecule has 0 aromatic heterocycles. The quantitative estimate of drug-likeness (QED) is 0.870. The Labute approximate surface area is 126 Å². The van der Waals surface area contributed by atoms with Crippen LogP contribution in [0.4, 0.5) is 0 Å². The predicted octanol–water partition coefficient (Wildman–Crippen LogP) is 1.94. The van der Waals surface area contributed by atoms with Crippen LogP contribution < -0.4 is 5.32 Å². The molecule has 1 aliphatic rings. The third-order valence-corrected chi connectivity index (χ3v) is 5.32. The standard InChI is InChI=1S/C15H19NO4S/c1-10(14(17)16-12-4-2-3-5-12)21(20)13-8-6-11(7-9-13)15(18)19/h6-10,12H,2-5H2,1H3,(H,16,17)(H,18,19). The lowest BCUT2D eigenvalue weighted by Gasteiger charge is -2.16. The first-order chi connectivity index (χ1) is 9.99. The predicted molar refractivity (Wildman–Crippen MR) is 79.7 cm³/mol. The molecule has 2 unspecified atom stereocenters. The maximum Gasteiger partial charge on any atom is 0.335 e. The molecule has 0 spiro atoms. The molecule has 6 heteroatoms. The minimum atomic E-state index is -1.48. The molecule has 114 valence electrons. The Morgan fingerprint density at radius 2 is 1.81 bits per heavy atom. The molecule has 0 heterocycles. The van der Waals surface area contributed by atoms with Crippen molar-refractivity contribution in [2.75, 3.05) is 0 Å². The molecule has 0 bridgehead atoms. The van der Waals surface area contributed by atoms with Gasteiger partial charge in [0.05, 0.1) is 16.4 Å². The average Bonchev–Trinajstić information content (AvgIpc) is 2.98. The summed E-state index contributed by atoms with van der Waals surface area (Å²) in [4.78, 5) is 23.3. The number of benzene rings is 1. The van der Waals surface area contributed by atoms with Crippen molar-refractivity contribution in [3.63, 3.8) is 0 Å². The number of hydrogen-bond donors (Lipinski definition) is 2. The Hall–Kier alpha value is -1.69. The van der Waals surface area contributed by atoms with Crippen LogP contribution in [-0.2, 0) is 15.6 Å². The summed E-state index contributed by atoms with van der Waals surface area (Å²) < 4.78 is 12.3. The number of aromatic carboxylic acids is 1. The van der Waals surface area contributed by atoms with Crippen LogP contribution in [-0.4, -0.2) is 32.5 Å². The van der Waals surface area contributed by atoms with Gasteiger partial charge in [0.1, 0.15) is 5.25 Å². The zero-order valence-electron chi connectivity index (χ0n) is 11.9. The van der Waals surface area contributed by atoms with Crippen LogP contribution in [0.15, 0.2) is 29.2 Å². The van der Waals surface area contributed by atoms with Crippen LogP contribution in [0.2, 0.25) is 0 Å². The normalized spacial score (nSPS) is 18.1. The van der Waals surface area contributed by atoms with E-state index in [1.165, 1.54) is 24.3 Å². The van der Waals surface area contributed by atoms with Gasteiger partial charge >= 0.3 is 5.97 Å². The van der Waals surface area contributed by atoms with E-state index in [1.807, 2.05) is 0 Å². The van der Waals surface area contributed by atoms with Crippen LogP contribution in [0.3, 0.4) is 0 Å². The van der Waals surface area contributed by atoms with Crippen molar-refractivity contribution < 1.29 is 18.9 Å². The van der Waals surface area contributed by atoms with Gasteiger partial charge in [-0.15, -0.1) is 0 Å². The molecule has 21 heavy (non-hydrogen) atoms. The first kappa shape index (κ1) is 15.7. The van der Waals surface area contributed by atoms with Crippen molar-refractivity contribution in [1.29, 1.82) is 0 Å². The monoisotopic (exact) mass is 309 g/mol. The summed E-state index contributed by atoms with van der Waals surface area (Å²) in [6.07, 6.45) is 4.22. The zero-order valence-corrected chi connectivity index (χ0v) is 12.7. The van der Waals surface area contributed by atoms with Gasteiger partial charge in [-0.1, -0.05) is 12.8 Å². The van der Waals surface area contributed by atoms with Gasteiger partial charge in [-0.25, -0.2) is 4.79 Å². The maximum absolute atomic E-state index is 12.3. The fourth-order valence-electron chi connectivity index (χ4n) is 2.42. The van der Waals surface area contributed by atoms with Gasteiger partial charge in [0.25, 0.3) is 0 Å². The Balaban J connectivity index is 2.00. The lowest BCUT2D eigenvalue weighted by atomic mass is 10.2. The third-order valence-electron chi connectivity index (χ3n) is 3.73. The van der Waals surface area contributed by atoms with E-state index in [0.29, 0.717) is 4.90 Å². The summed E-state index contributed by atoms with van der Waals surface area (Å²) in [5.74, 6) is -1.23. The highest BCUT2D eigenvalue weighted by atomic mass is 32.2. The topological polar surface area (TPSA) is 83.5 Å². The number of carboxylic acid groups (broad SMARTS) is 1. The second kappa shape index (κ2) is 6.85. The van der Waals surface area contributed by atoms with Crippen LogP contribution in [0.5, 0.6) is 0 Å². The molecule has 5 nitrogen and oxygen atoms in total. The molecule has 1 saturated carbocycles. The van der Waals surface area contributed by atoms with Crippen molar-refractivity contribution >= 4 is 22.7 Å². The lowest BCUT2D eigenvalue weighted by molar-refractivity contribution is -0.121. The van der Waals surface area contributed by atoms with E-state index < -0.39 is 22.0 Å². The van der Waals surface area contributed by atoms with Crippen molar-refractivity contribution in [1.82, 2.24) is 5.32 Å². The third kappa shape index (κ3) is 3.91. The zero-order chi connectivity index (χ0) is 15.4. The highest BCUT2D eigenvalue weighted by Gasteiger charge is 2.25. The molecule has 1 aliphatic carbocycles. The fourth-order valence-corrected chi connectivity index (χ4v) is 3.50. The molecule has 1 fully saturated rings. The maximum atomic E-state index is 12.3. The van der Waals surface area contributed by atoms with Crippen LogP contribution >= 0.6 is 0 Å². The Morgan fingerprint density at radius 3 is 2.33 bits per heavy atom. The minimum absolute atomic E-state index is 0.138. The van der Waals surface area contributed by atoms with Gasteiger partial charge in [0, 0.05) is 10.9 Å². The van der Waals surface area contributed by atoms with Crippen LogP contribution in [0, 0.1) is 0 Å². The molecule has 1 aromatic rings. The van der Waals surface area contributed by atoms with E-state index in [1.54, 1.807) is 6.92 Å². The van der Waals surface area contributed by atoms with Gasteiger partial charge in [0.2, 0.25) is 5.91 Å². The highest BCUT2D eigenvalue weighted by Crippen LogP contribution is 2.19. The van der Waals surface area contributed by atoms with Crippen molar-refractivity contribution in [3.05, 3.63) is 29.8 Å². The first-order valence-electron chi connectivity index (χ1n) is 7.03. The molecule has 2 atom stereocenters. The number of amides is 1. The minimum Gasteiger partial charge on any atom is -0.478 e. The van der Waals surface area contributed by atoms with Crippen molar-refractivity contribution in [2.24, 2.45) is 0 Å². The Morgan fingerprint density at radius 1 is 1.24 bits per heavy atom. The summed E-state index contributed by atoms with van der Waals surface area (Å²) in [5, 5.41) is 11.1. The second-order valence-corrected chi connectivity index (χ2v) is 7.03. The van der Waals surface area contributed by atoms with E-state index in [0.717, 1.165) is 25.7 Å². The number of carboxylic acids is 1. The summed E-state index contributed by atoms with van der Waals surface area (Å²) in [5.41, 5.74) is 0.138. The summed E-state index contributed by atoms with van der Waals surface area (Å²) in [7, 11) is -1.48. The lowest BCUT2D eigenvalue weighted by Crippen LogP contribution is -2.40. The van der Waals surface area contributed by atoms with Gasteiger partial charge in [-0.3, -0.25) is 9.00 Å². The van der Waals surface area contributed by atoms with E-state index in [9.17, 15) is 13.8 Å². The molecular formula is C15H19NO4S. The average molecular weight is 309 g/mol. The van der Waals surface area contributed by atoms with Gasteiger partial charge < -0.3 is 10.4 Å². The number of hydrogen-bond acceptors (Lipinski definition) is 3. The molecule has 0 aliphatic heterocycles. The van der Waals surface area contributed by atoms with Gasteiger partial charge in [-0.05, 0) is 44.0 Å². The van der Waals surface area contributed by atoms with Crippen LogP contribution in [0.25, 0.3) is 0 Å². The molecule has 2 N–H and O–H groups in total. The second-order valence-electron chi connectivity index (χ2n) is 5.26. The summed E-state index contributed by atoms with van der Waals surface area (Å²) in [6, 6.07) is 6.00. The van der Waals surface area contributed by atoms with E-state index >= 15 is 0 Å². The Bertz CT molecular complexity index is 549. The largest absolute Gasteiger partial charge is 0.478 e. The molecule has 0 radical (unpaired) electrons. The van der Waals surface area contributed by atoms with E-state index in [2.05, 4.69) is 5.32 Å². The number of carbonyl (C=O) groups excluding carboxylic acids is 1. The number of carbonyl (C=O) groups is 2. The van der Waals surface area contributed by atoms with E-state index in [-0.39, 0.29) is 17.5 Å². The van der Waals surface area contributed by atoms with Crippen molar-refractivity contribution in [2.45, 2.75) is 48.8 Å². The van der Waals surface area contributed by atoms with Gasteiger partial charge in [0.15, 0.2) is 0 Å². The molecule has 1 aromatic carbocycles. The SMILES string of the molecule is CC(C(=O)NC1CCCC1)S(=O)c1ccc(C(=O)O)cc1. The highest BCUT2D eigenvalue weighted by molar-refractivity contribution is 7.86. The fraction of sp³-hybridized carbons (Fsp3) is 0.467. The van der Waals surface area contributed by atoms with Crippen molar-refractivity contribution in [3.8, 4) is 0 Å². The number of rotatable bonds is 5. The molecule has 1 amide bonds. The summed E-state index contributed by atoms with van der Waals surface area (Å²) >= 11 is 0. The molecule has 0 saturated heterocycles. The molecule has 2 rings (SSSR count). The first-order valence-corrected chi connectivity index (χ1v) is 8.24. The van der Waals surface area contributed by atoms with E-state index in [4.69, 9.17) is 5.11 Å². The number of nitrogens with one attached hydrogen (secondary N) is 1. The smallest absolute Gasteiger partial charge is 0.335 e. The van der Waals surface area contributed by atoms with Crippen LogP contribution in [0.1, 0.15) is 43.0 Å². The van der Waals surface area contributed by atoms with Gasteiger partial charge in [-0.2, -0.15) is 0 Å². The Kier molecular flexibility index (Phi) is 5.12. The summed E-state index contributed by atoms with van der Waals surface area (Å²) in [6.45, 7) is 1.63. The molecular weight excluding hydrogens is 290 g/mol.